The minimum absolute atomic E-state index is 0.210. The van der Waals surface area contributed by atoms with Crippen molar-refractivity contribution < 1.29 is 9.90 Å². The average molecular weight is 351 g/mol. The van der Waals surface area contributed by atoms with Gasteiger partial charge in [-0.25, -0.2) is 4.79 Å². The second-order valence-electron chi connectivity index (χ2n) is 3.97. The number of thiocarbonyl (C=S) groups is 1. The molecule has 0 aliphatic heterocycles. The lowest BCUT2D eigenvalue weighted by Gasteiger charge is -2.11. The van der Waals surface area contributed by atoms with Crippen LogP contribution in [0.3, 0.4) is 0 Å². The fourth-order valence-electron chi connectivity index (χ4n) is 1.56. The van der Waals surface area contributed by atoms with Crippen molar-refractivity contribution in [3.05, 3.63) is 58.6 Å². The zero-order valence-electron chi connectivity index (χ0n) is 10.3. The Kier molecular flexibility index (Phi) is 4.70. The molecule has 0 atom stereocenters. The molecule has 102 valence electrons. The maximum atomic E-state index is 10.9. The number of nitrogens with one attached hydrogen (secondary N) is 2. The van der Waals surface area contributed by atoms with Gasteiger partial charge in [0.1, 0.15) is 0 Å². The molecule has 0 fully saturated rings. The van der Waals surface area contributed by atoms with Gasteiger partial charge in [-0.05, 0) is 54.7 Å². The molecule has 0 saturated heterocycles. The van der Waals surface area contributed by atoms with E-state index in [1.165, 1.54) is 12.1 Å². The van der Waals surface area contributed by atoms with E-state index in [-0.39, 0.29) is 5.56 Å². The van der Waals surface area contributed by atoms with E-state index < -0.39 is 5.97 Å². The van der Waals surface area contributed by atoms with Gasteiger partial charge in [0, 0.05) is 15.8 Å². The van der Waals surface area contributed by atoms with Crippen molar-refractivity contribution >= 4 is 50.6 Å². The molecule has 6 heteroatoms. The van der Waals surface area contributed by atoms with E-state index in [0.29, 0.717) is 10.8 Å². The standard InChI is InChI=1S/C14H11BrN2O2S/c15-10-4-6-11(7-5-10)16-14(20)17-12-3-1-2-9(8-12)13(18)19/h1-8H,(H,18,19)(H2,16,17,20). The van der Waals surface area contributed by atoms with Crippen molar-refractivity contribution in [2.45, 2.75) is 0 Å². The minimum atomic E-state index is -0.972. The molecular formula is C14H11BrN2O2S. The van der Waals surface area contributed by atoms with Crippen LogP contribution < -0.4 is 10.6 Å². The van der Waals surface area contributed by atoms with Crippen molar-refractivity contribution in [2.75, 3.05) is 10.6 Å². The zero-order chi connectivity index (χ0) is 14.5. The van der Waals surface area contributed by atoms with Crippen molar-refractivity contribution in [1.82, 2.24) is 0 Å². The Bertz CT molecular complexity index is 644. The van der Waals surface area contributed by atoms with Gasteiger partial charge in [0.15, 0.2) is 5.11 Å². The van der Waals surface area contributed by atoms with Gasteiger partial charge >= 0.3 is 5.97 Å². The van der Waals surface area contributed by atoms with E-state index in [9.17, 15) is 4.79 Å². The molecule has 0 spiro atoms. The average Bonchev–Trinajstić information content (AvgIpc) is 2.41. The second-order valence-corrected chi connectivity index (χ2v) is 5.30. The Morgan fingerprint density at radius 2 is 1.70 bits per heavy atom. The van der Waals surface area contributed by atoms with Crippen LogP contribution in [0.4, 0.5) is 11.4 Å². The summed E-state index contributed by atoms with van der Waals surface area (Å²) in [5.41, 5.74) is 1.68. The summed E-state index contributed by atoms with van der Waals surface area (Å²) < 4.78 is 0.982. The fourth-order valence-corrected chi connectivity index (χ4v) is 2.06. The molecule has 2 aromatic rings. The van der Waals surface area contributed by atoms with Gasteiger partial charge in [0.2, 0.25) is 0 Å². The highest BCUT2D eigenvalue weighted by atomic mass is 79.9. The molecule has 0 aliphatic carbocycles. The summed E-state index contributed by atoms with van der Waals surface area (Å²) in [6.07, 6.45) is 0. The molecule has 0 heterocycles. The number of hydrogen-bond donors (Lipinski definition) is 3. The molecule has 3 N–H and O–H groups in total. The van der Waals surface area contributed by atoms with Crippen LogP contribution in [0.1, 0.15) is 10.4 Å². The van der Waals surface area contributed by atoms with Crippen molar-refractivity contribution in [2.24, 2.45) is 0 Å². The molecule has 4 nitrogen and oxygen atoms in total. The topological polar surface area (TPSA) is 61.4 Å². The lowest BCUT2D eigenvalue weighted by molar-refractivity contribution is 0.0697. The van der Waals surface area contributed by atoms with Gasteiger partial charge in [-0.1, -0.05) is 22.0 Å². The molecule has 0 aromatic heterocycles. The number of aromatic carboxylic acids is 1. The maximum Gasteiger partial charge on any atom is 0.335 e. The normalized spacial score (nSPS) is 9.85. The highest BCUT2D eigenvalue weighted by Crippen LogP contribution is 2.15. The summed E-state index contributed by atoms with van der Waals surface area (Å²) in [5.74, 6) is -0.972. The van der Waals surface area contributed by atoms with Gasteiger partial charge in [0.25, 0.3) is 0 Å². The van der Waals surface area contributed by atoms with Crippen LogP contribution in [0.25, 0.3) is 0 Å². The van der Waals surface area contributed by atoms with Gasteiger partial charge in [-0.2, -0.15) is 0 Å². The first-order valence-corrected chi connectivity index (χ1v) is 6.91. The van der Waals surface area contributed by atoms with Crippen molar-refractivity contribution in [3.63, 3.8) is 0 Å². The number of anilines is 2. The molecule has 2 aromatic carbocycles. The number of hydrogen-bond acceptors (Lipinski definition) is 2. The Balaban J connectivity index is 2.02. The first-order chi connectivity index (χ1) is 9.54. The van der Waals surface area contributed by atoms with Crippen LogP contribution in [-0.4, -0.2) is 16.2 Å². The van der Waals surface area contributed by atoms with Gasteiger partial charge in [-0.3, -0.25) is 0 Å². The SMILES string of the molecule is O=C(O)c1cccc(NC(=S)Nc2ccc(Br)cc2)c1. The Labute approximate surface area is 130 Å². The predicted molar refractivity (Wildman–Crippen MR) is 87.4 cm³/mol. The van der Waals surface area contributed by atoms with Crippen molar-refractivity contribution in [3.8, 4) is 0 Å². The fraction of sp³-hybridized carbons (Fsp3) is 0. The van der Waals surface area contributed by atoms with Crippen LogP contribution in [0.2, 0.25) is 0 Å². The number of halogens is 1. The Morgan fingerprint density at radius 3 is 2.35 bits per heavy atom. The summed E-state index contributed by atoms with van der Waals surface area (Å²) in [6, 6.07) is 14.0. The first-order valence-electron chi connectivity index (χ1n) is 5.71. The molecule has 0 radical (unpaired) electrons. The van der Waals surface area contributed by atoms with E-state index in [0.717, 1.165) is 10.2 Å². The lowest BCUT2D eigenvalue weighted by atomic mass is 10.2. The molecule has 0 aliphatic rings. The van der Waals surface area contributed by atoms with E-state index in [4.69, 9.17) is 17.3 Å². The van der Waals surface area contributed by atoms with E-state index in [1.54, 1.807) is 12.1 Å². The third kappa shape index (κ3) is 4.04. The number of benzene rings is 2. The number of rotatable bonds is 3. The van der Waals surface area contributed by atoms with Crippen LogP contribution in [0, 0.1) is 0 Å². The van der Waals surface area contributed by atoms with Gasteiger partial charge < -0.3 is 15.7 Å². The summed E-state index contributed by atoms with van der Waals surface area (Å²) in [5, 5.41) is 15.3. The first kappa shape index (κ1) is 14.5. The van der Waals surface area contributed by atoms with Gasteiger partial charge in [-0.15, -0.1) is 0 Å². The Hall–Kier alpha value is -1.92. The third-order valence-corrected chi connectivity index (χ3v) is 3.20. The molecule has 2 rings (SSSR count). The van der Waals surface area contributed by atoms with E-state index >= 15 is 0 Å². The van der Waals surface area contributed by atoms with Crippen LogP contribution in [-0.2, 0) is 0 Å². The number of carboxylic acids is 1. The molecule has 0 unspecified atom stereocenters. The highest BCUT2D eigenvalue weighted by Gasteiger charge is 2.04. The quantitative estimate of drug-likeness (QED) is 0.731. The monoisotopic (exact) mass is 350 g/mol. The van der Waals surface area contributed by atoms with Crippen molar-refractivity contribution in [1.29, 1.82) is 0 Å². The number of carboxylic acid groups (broad SMARTS) is 1. The summed E-state index contributed by atoms with van der Waals surface area (Å²) in [7, 11) is 0. The third-order valence-electron chi connectivity index (χ3n) is 2.47. The molecule has 0 bridgehead atoms. The van der Waals surface area contributed by atoms with Crippen LogP contribution >= 0.6 is 28.1 Å². The summed E-state index contributed by atoms with van der Waals surface area (Å²) in [6.45, 7) is 0. The van der Waals surface area contributed by atoms with Crippen LogP contribution in [0.5, 0.6) is 0 Å². The maximum absolute atomic E-state index is 10.9. The predicted octanol–water partition coefficient (Wildman–Crippen LogP) is 3.96. The minimum Gasteiger partial charge on any atom is -0.478 e. The van der Waals surface area contributed by atoms with Crippen LogP contribution in [0.15, 0.2) is 53.0 Å². The molecule has 0 amide bonds. The highest BCUT2D eigenvalue weighted by molar-refractivity contribution is 9.10. The summed E-state index contributed by atoms with van der Waals surface area (Å²) in [4.78, 5) is 10.9. The van der Waals surface area contributed by atoms with E-state index in [1.807, 2.05) is 24.3 Å². The zero-order valence-corrected chi connectivity index (χ0v) is 12.7. The van der Waals surface area contributed by atoms with E-state index in [2.05, 4.69) is 26.6 Å². The second kappa shape index (κ2) is 6.49. The number of carbonyl (C=O) groups is 1. The largest absolute Gasteiger partial charge is 0.478 e. The van der Waals surface area contributed by atoms with Gasteiger partial charge in [0.05, 0.1) is 5.56 Å². The summed E-state index contributed by atoms with van der Waals surface area (Å²) >= 11 is 8.53. The molecular weight excluding hydrogens is 340 g/mol. The Morgan fingerprint density at radius 1 is 1.05 bits per heavy atom. The molecule has 0 saturated carbocycles. The lowest BCUT2D eigenvalue weighted by Crippen LogP contribution is -2.19. The smallest absolute Gasteiger partial charge is 0.335 e. The molecule has 20 heavy (non-hydrogen) atoms.